The number of benzene rings is 2. The maximum atomic E-state index is 14.8. The number of amides is 1. The number of Topliss-reactive ketones (excluding diaryl/α,β-unsaturated/α-hetero) is 1. The zero-order chi connectivity index (χ0) is 22.7. The van der Waals surface area contributed by atoms with Gasteiger partial charge in [-0.25, -0.2) is 4.39 Å². The van der Waals surface area contributed by atoms with Crippen molar-refractivity contribution in [3.8, 4) is 5.75 Å². The monoisotopic (exact) mass is 439 g/mol. The standard InChI is InChI=1S/C25H26FNO5/c1-2-13-31-17-11-9-16(10-12-17)23(28)21-22(19-7-3-4-8-20(19)26)27(25(30)24(21)29)15-18-6-5-14-32-18/h3-4,7-12,18,22,28H,2,5-6,13-15H2,1H3/b23-21-. The van der Waals surface area contributed by atoms with Crippen LogP contribution in [0.15, 0.2) is 54.1 Å². The number of aliphatic hydroxyl groups is 1. The zero-order valence-corrected chi connectivity index (χ0v) is 17.9. The number of carbonyl (C=O) groups is 2. The average molecular weight is 439 g/mol. The highest BCUT2D eigenvalue weighted by Crippen LogP contribution is 2.41. The van der Waals surface area contributed by atoms with E-state index in [9.17, 15) is 19.1 Å². The Kier molecular flexibility index (Phi) is 6.55. The van der Waals surface area contributed by atoms with Crippen molar-refractivity contribution in [1.82, 2.24) is 4.90 Å². The van der Waals surface area contributed by atoms with Crippen LogP contribution >= 0.6 is 0 Å². The van der Waals surface area contributed by atoms with Crippen molar-refractivity contribution in [2.24, 2.45) is 0 Å². The summed E-state index contributed by atoms with van der Waals surface area (Å²) in [5.41, 5.74) is 0.389. The Morgan fingerprint density at radius 1 is 1.19 bits per heavy atom. The third-order valence-corrected chi connectivity index (χ3v) is 5.76. The summed E-state index contributed by atoms with van der Waals surface area (Å²) in [4.78, 5) is 27.3. The van der Waals surface area contributed by atoms with E-state index in [4.69, 9.17) is 9.47 Å². The van der Waals surface area contributed by atoms with Crippen LogP contribution in [0, 0.1) is 5.82 Å². The van der Waals surface area contributed by atoms with E-state index in [2.05, 4.69) is 0 Å². The second kappa shape index (κ2) is 9.53. The zero-order valence-electron chi connectivity index (χ0n) is 17.9. The lowest BCUT2D eigenvalue weighted by Gasteiger charge is -2.27. The summed E-state index contributed by atoms with van der Waals surface area (Å²) in [6.07, 6.45) is 2.26. The number of likely N-dealkylation sites (tertiary alicyclic amines) is 1. The molecule has 0 radical (unpaired) electrons. The van der Waals surface area contributed by atoms with Crippen LogP contribution in [0.2, 0.25) is 0 Å². The smallest absolute Gasteiger partial charge is 0.295 e. The molecule has 2 atom stereocenters. The molecule has 2 unspecified atom stereocenters. The number of halogens is 1. The van der Waals surface area contributed by atoms with Crippen molar-refractivity contribution in [1.29, 1.82) is 0 Å². The summed E-state index contributed by atoms with van der Waals surface area (Å²) in [7, 11) is 0. The van der Waals surface area contributed by atoms with Crippen LogP contribution in [0.4, 0.5) is 4.39 Å². The van der Waals surface area contributed by atoms with E-state index in [1.807, 2.05) is 6.92 Å². The molecule has 1 N–H and O–H groups in total. The number of ether oxygens (including phenoxy) is 2. The lowest BCUT2D eigenvalue weighted by molar-refractivity contribution is -0.140. The Morgan fingerprint density at radius 3 is 2.59 bits per heavy atom. The number of hydrogen-bond donors (Lipinski definition) is 1. The van der Waals surface area contributed by atoms with Gasteiger partial charge in [0.25, 0.3) is 11.7 Å². The van der Waals surface area contributed by atoms with Crippen molar-refractivity contribution in [3.05, 3.63) is 71.0 Å². The second-order valence-corrected chi connectivity index (χ2v) is 7.98. The highest BCUT2D eigenvalue weighted by atomic mass is 19.1. The molecule has 2 aliphatic heterocycles. The molecule has 32 heavy (non-hydrogen) atoms. The highest BCUT2D eigenvalue weighted by Gasteiger charge is 2.47. The Morgan fingerprint density at radius 2 is 1.94 bits per heavy atom. The Labute approximate surface area is 186 Å². The first-order valence-electron chi connectivity index (χ1n) is 10.9. The Hall–Kier alpha value is -3.19. The largest absolute Gasteiger partial charge is 0.507 e. The van der Waals surface area contributed by atoms with E-state index in [0.717, 1.165) is 19.3 Å². The highest BCUT2D eigenvalue weighted by molar-refractivity contribution is 6.46. The summed E-state index contributed by atoms with van der Waals surface area (Å²) < 4.78 is 26.0. The molecule has 2 saturated heterocycles. The van der Waals surface area contributed by atoms with E-state index in [-0.39, 0.29) is 29.5 Å². The second-order valence-electron chi connectivity index (χ2n) is 7.98. The van der Waals surface area contributed by atoms with Crippen molar-refractivity contribution in [3.63, 3.8) is 0 Å². The van der Waals surface area contributed by atoms with Gasteiger partial charge in [-0.3, -0.25) is 9.59 Å². The van der Waals surface area contributed by atoms with Gasteiger partial charge in [-0.2, -0.15) is 0 Å². The Balaban J connectivity index is 1.76. The van der Waals surface area contributed by atoms with Gasteiger partial charge in [0.1, 0.15) is 17.3 Å². The predicted molar refractivity (Wildman–Crippen MR) is 117 cm³/mol. The molecule has 0 spiro atoms. The fourth-order valence-corrected chi connectivity index (χ4v) is 4.18. The summed E-state index contributed by atoms with van der Waals surface area (Å²) in [5, 5.41) is 11.1. The van der Waals surface area contributed by atoms with Crippen LogP contribution in [-0.2, 0) is 14.3 Å². The number of ketones is 1. The first kappa shape index (κ1) is 22.0. The van der Waals surface area contributed by atoms with E-state index >= 15 is 0 Å². The topological polar surface area (TPSA) is 76.1 Å². The molecule has 1 amide bonds. The van der Waals surface area contributed by atoms with E-state index in [1.54, 1.807) is 36.4 Å². The van der Waals surface area contributed by atoms with Gasteiger partial charge in [0.05, 0.1) is 24.3 Å². The minimum absolute atomic E-state index is 0.125. The van der Waals surface area contributed by atoms with Crippen molar-refractivity contribution in [2.75, 3.05) is 19.8 Å². The molecule has 6 nitrogen and oxygen atoms in total. The quantitative estimate of drug-likeness (QED) is 0.397. The lowest BCUT2D eigenvalue weighted by atomic mass is 9.94. The maximum absolute atomic E-state index is 14.8. The van der Waals surface area contributed by atoms with E-state index in [1.165, 1.54) is 17.0 Å². The fraction of sp³-hybridized carbons (Fsp3) is 0.360. The van der Waals surface area contributed by atoms with Gasteiger partial charge >= 0.3 is 0 Å². The van der Waals surface area contributed by atoms with Gasteiger partial charge in [0, 0.05) is 24.3 Å². The van der Waals surface area contributed by atoms with Gasteiger partial charge in [-0.05, 0) is 49.6 Å². The predicted octanol–water partition coefficient (Wildman–Crippen LogP) is 4.22. The molecule has 2 heterocycles. The number of aliphatic hydroxyl groups excluding tert-OH is 1. The number of carbonyl (C=O) groups excluding carboxylic acids is 2. The number of hydrogen-bond acceptors (Lipinski definition) is 5. The summed E-state index contributed by atoms with van der Waals surface area (Å²) in [6.45, 7) is 3.31. The summed E-state index contributed by atoms with van der Waals surface area (Å²) in [6, 6.07) is 11.6. The molecule has 0 bridgehead atoms. The van der Waals surface area contributed by atoms with E-state index in [0.29, 0.717) is 24.5 Å². The normalized spacial score (nSPS) is 22.5. The molecule has 2 fully saturated rings. The minimum Gasteiger partial charge on any atom is -0.507 e. The van der Waals surface area contributed by atoms with Crippen LogP contribution in [-0.4, -0.2) is 47.6 Å². The van der Waals surface area contributed by atoms with Crippen LogP contribution in [0.5, 0.6) is 5.75 Å². The Bertz CT molecular complexity index is 1030. The lowest BCUT2D eigenvalue weighted by Crippen LogP contribution is -2.36. The fourth-order valence-electron chi connectivity index (χ4n) is 4.18. The molecule has 168 valence electrons. The van der Waals surface area contributed by atoms with Crippen LogP contribution < -0.4 is 4.74 Å². The molecular formula is C25H26FNO5. The molecule has 7 heteroatoms. The number of nitrogens with zero attached hydrogens (tertiary/aromatic N) is 1. The molecule has 0 aliphatic carbocycles. The van der Waals surface area contributed by atoms with Crippen LogP contribution in [0.1, 0.15) is 43.4 Å². The van der Waals surface area contributed by atoms with Crippen molar-refractivity contribution < 1.29 is 28.6 Å². The van der Waals surface area contributed by atoms with Gasteiger partial charge < -0.3 is 19.5 Å². The average Bonchev–Trinajstić information content (AvgIpc) is 3.40. The first-order chi connectivity index (χ1) is 15.5. The van der Waals surface area contributed by atoms with Gasteiger partial charge in [0.2, 0.25) is 0 Å². The van der Waals surface area contributed by atoms with Crippen LogP contribution in [0.3, 0.4) is 0 Å². The molecular weight excluding hydrogens is 413 g/mol. The van der Waals surface area contributed by atoms with Crippen molar-refractivity contribution in [2.45, 2.75) is 38.3 Å². The third kappa shape index (κ3) is 4.25. The van der Waals surface area contributed by atoms with Gasteiger partial charge in [-0.15, -0.1) is 0 Å². The van der Waals surface area contributed by atoms with Crippen LogP contribution in [0.25, 0.3) is 5.76 Å². The SMILES string of the molecule is CCCOc1ccc(/C(O)=C2/C(=O)C(=O)N(CC3CCCO3)C2c2ccccc2F)cc1. The first-order valence-corrected chi connectivity index (χ1v) is 10.9. The minimum atomic E-state index is -1.03. The molecule has 2 aromatic rings. The van der Waals surface area contributed by atoms with E-state index < -0.39 is 23.5 Å². The molecule has 2 aliphatic rings. The molecule has 0 saturated carbocycles. The summed E-state index contributed by atoms with van der Waals surface area (Å²) >= 11 is 0. The third-order valence-electron chi connectivity index (χ3n) is 5.76. The molecule has 0 aromatic heterocycles. The van der Waals surface area contributed by atoms with Gasteiger partial charge in [0.15, 0.2) is 0 Å². The molecule has 2 aromatic carbocycles. The number of rotatable bonds is 7. The van der Waals surface area contributed by atoms with Gasteiger partial charge in [-0.1, -0.05) is 25.1 Å². The maximum Gasteiger partial charge on any atom is 0.295 e. The van der Waals surface area contributed by atoms with Crippen molar-refractivity contribution >= 4 is 17.4 Å². The molecule has 4 rings (SSSR count). The summed E-state index contributed by atoms with van der Waals surface area (Å²) in [5.74, 6) is -1.86.